The number of rotatable bonds is 9. The van der Waals surface area contributed by atoms with Crippen LogP contribution in [0.2, 0.25) is 0 Å². The molecule has 1 atom stereocenters. The molecule has 0 aromatic heterocycles. The fourth-order valence-corrected chi connectivity index (χ4v) is 1.49. The van der Waals surface area contributed by atoms with Gasteiger partial charge in [-0.25, -0.2) is 0 Å². The first-order valence-electron chi connectivity index (χ1n) is 7.23. The van der Waals surface area contributed by atoms with Gasteiger partial charge >= 0.3 is 5.97 Å². The van der Waals surface area contributed by atoms with E-state index in [4.69, 9.17) is 4.74 Å². The monoisotopic (exact) mass is 298 g/mol. The Morgan fingerprint density at radius 1 is 1.14 bits per heavy atom. The number of ketones is 1. The van der Waals surface area contributed by atoms with E-state index in [0.717, 1.165) is 38.2 Å². The highest BCUT2D eigenvalue weighted by molar-refractivity contribution is 6.04. The number of esters is 1. The zero-order valence-corrected chi connectivity index (χ0v) is 13.1. The van der Waals surface area contributed by atoms with Crippen molar-refractivity contribution in [3.8, 4) is 23.7 Å². The van der Waals surface area contributed by atoms with Gasteiger partial charge in [0.25, 0.3) is 0 Å². The van der Waals surface area contributed by atoms with Crippen LogP contribution >= 0.6 is 0 Å². The molecular formula is C19H22O3. The molecular weight excluding hydrogens is 276 g/mol. The van der Waals surface area contributed by atoms with Crippen LogP contribution in [-0.4, -0.2) is 17.9 Å². The summed E-state index contributed by atoms with van der Waals surface area (Å²) in [6.07, 6.45) is 11.3. The summed E-state index contributed by atoms with van der Waals surface area (Å²) in [7, 11) is 0. The summed E-state index contributed by atoms with van der Waals surface area (Å²) in [4.78, 5) is 21.9. The normalized spacial score (nSPS) is 10.6. The molecule has 0 aromatic carbocycles. The predicted octanol–water partition coefficient (Wildman–Crippen LogP) is 3.37. The molecule has 0 saturated carbocycles. The summed E-state index contributed by atoms with van der Waals surface area (Å²) in [6, 6.07) is 0. The second-order valence-electron chi connectivity index (χ2n) is 4.47. The van der Waals surface area contributed by atoms with Gasteiger partial charge < -0.3 is 4.74 Å². The molecule has 0 fully saturated rings. The highest BCUT2D eigenvalue weighted by Gasteiger charge is 2.02. The van der Waals surface area contributed by atoms with Crippen LogP contribution in [0.4, 0.5) is 0 Å². The van der Waals surface area contributed by atoms with Crippen molar-refractivity contribution in [2.75, 3.05) is 0 Å². The van der Waals surface area contributed by atoms with E-state index in [2.05, 4.69) is 36.8 Å². The van der Waals surface area contributed by atoms with Crippen molar-refractivity contribution in [1.29, 1.82) is 0 Å². The minimum atomic E-state index is -0.640. The van der Waals surface area contributed by atoms with Gasteiger partial charge in [0, 0.05) is 6.92 Å². The van der Waals surface area contributed by atoms with Crippen molar-refractivity contribution < 1.29 is 14.3 Å². The van der Waals surface area contributed by atoms with Gasteiger partial charge in [-0.15, -0.1) is 6.58 Å². The molecule has 1 unspecified atom stereocenters. The standard InChI is InChI=1S/C19H22O3/c1-4-6-7-8-9-10-11-15-19(22-17(3)20)16-13-12-14-18(21)5-2/h4-5,11,15,19H,1-2,6-10H2,3H3. The molecule has 0 heterocycles. The number of unbranched alkanes of at least 4 members (excludes halogenated alkanes) is 4. The SMILES string of the molecule is C=CCCCCCC=CC(C#CC#CC(=O)C=C)OC(C)=O. The zero-order chi connectivity index (χ0) is 16.6. The Hall–Kier alpha value is -2.52. The first kappa shape index (κ1) is 19.5. The number of ether oxygens (including phenoxy) is 1. The first-order valence-corrected chi connectivity index (χ1v) is 7.23. The highest BCUT2D eigenvalue weighted by atomic mass is 16.5. The molecule has 0 spiro atoms. The van der Waals surface area contributed by atoms with Crippen LogP contribution in [0.5, 0.6) is 0 Å². The van der Waals surface area contributed by atoms with Gasteiger partial charge in [-0.05, 0) is 61.5 Å². The third kappa shape index (κ3) is 12.5. The molecule has 0 aliphatic carbocycles. The van der Waals surface area contributed by atoms with Gasteiger partial charge in [0.15, 0.2) is 6.10 Å². The lowest BCUT2D eigenvalue weighted by molar-refractivity contribution is -0.142. The average molecular weight is 298 g/mol. The Kier molecular flexibility index (Phi) is 11.9. The zero-order valence-electron chi connectivity index (χ0n) is 13.1. The maximum absolute atomic E-state index is 11.0. The van der Waals surface area contributed by atoms with Crippen molar-refractivity contribution in [3.63, 3.8) is 0 Å². The van der Waals surface area contributed by atoms with Crippen molar-refractivity contribution in [3.05, 3.63) is 37.5 Å². The fourth-order valence-electron chi connectivity index (χ4n) is 1.49. The Morgan fingerprint density at radius 3 is 2.50 bits per heavy atom. The van der Waals surface area contributed by atoms with Crippen LogP contribution < -0.4 is 0 Å². The lowest BCUT2D eigenvalue weighted by Gasteiger charge is -2.05. The lowest BCUT2D eigenvalue weighted by Crippen LogP contribution is -2.11. The van der Waals surface area contributed by atoms with E-state index in [1.54, 1.807) is 6.08 Å². The summed E-state index contributed by atoms with van der Waals surface area (Å²) < 4.78 is 5.04. The molecule has 0 radical (unpaired) electrons. The van der Waals surface area contributed by atoms with Gasteiger partial charge in [-0.1, -0.05) is 25.2 Å². The molecule has 0 rings (SSSR count). The molecule has 0 amide bonds. The summed E-state index contributed by atoms with van der Waals surface area (Å²) in [6.45, 7) is 8.31. The molecule has 0 bridgehead atoms. The van der Waals surface area contributed by atoms with Crippen molar-refractivity contribution in [2.24, 2.45) is 0 Å². The summed E-state index contributed by atoms with van der Waals surface area (Å²) in [5.74, 6) is 9.07. The molecule has 0 aliphatic rings. The van der Waals surface area contributed by atoms with Crippen molar-refractivity contribution in [1.82, 2.24) is 0 Å². The van der Waals surface area contributed by atoms with Crippen LogP contribution in [0.25, 0.3) is 0 Å². The Balaban J connectivity index is 4.39. The molecule has 0 aliphatic heterocycles. The average Bonchev–Trinajstić information content (AvgIpc) is 2.49. The Labute approximate surface area is 133 Å². The van der Waals surface area contributed by atoms with Crippen LogP contribution in [0.3, 0.4) is 0 Å². The van der Waals surface area contributed by atoms with E-state index in [1.165, 1.54) is 6.92 Å². The van der Waals surface area contributed by atoms with E-state index < -0.39 is 17.9 Å². The van der Waals surface area contributed by atoms with E-state index in [0.29, 0.717) is 0 Å². The first-order chi connectivity index (χ1) is 10.6. The number of allylic oxidation sites excluding steroid dienone is 3. The fraction of sp³-hybridized carbons (Fsp3) is 0.368. The quantitative estimate of drug-likeness (QED) is 0.164. The molecule has 3 nitrogen and oxygen atoms in total. The minimum absolute atomic E-state index is 0.395. The second kappa shape index (κ2) is 13.5. The lowest BCUT2D eigenvalue weighted by atomic mass is 10.1. The van der Waals surface area contributed by atoms with Gasteiger partial charge in [0.2, 0.25) is 5.78 Å². The Bertz CT molecular complexity index is 532. The third-order valence-corrected chi connectivity index (χ3v) is 2.53. The van der Waals surface area contributed by atoms with Gasteiger partial charge in [-0.3, -0.25) is 9.59 Å². The number of carbonyl (C=O) groups excluding carboxylic acids is 2. The largest absolute Gasteiger partial charge is 0.445 e. The van der Waals surface area contributed by atoms with Crippen LogP contribution in [0.15, 0.2) is 37.5 Å². The highest BCUT2D eigenvalue weighted by Crippen LogP contribution is 2.05. The molecule has 3 heteroatoms. The smallest absolute Gasteiger partial charge is 0.304 e. The van der Waals surface area contributed by atoms with Crippen LogP contribution in [-0.2, 0) is 14.3 Å². The third-order valence-electron chi connectivity index (χ3n) is 2.53. The second-order valence-corrected chi connectivity index (χ2v) is 4.47. The number of carbonyl (C=O) groups is 2. The van der Waals surface area contributed by atoms with Crippen LogP contribution in [0.1, 0.15) is 39.0 Å². The maximum atomic E-state index is 11.0. The summed E-state index contributed by atoms with van der Waals surface area (Å²) >= 11 is 0. The molecule has 22 heavy (non-hydrogen) atoms. The van der Waals surface area contributed by atoms with Gasteiger partial charge in [0.05, 0.1) is 0 Å². The topological polar surface area (TPSA) is 43.4 Å². The molecule has 116 valence electrons. The van der Waals surface area contributed by atoms with E-state index in [1.807, 2.05) is 12.2 Å². The minimum Gasteiger partial charge on any atom is -0.445 e. The molecule has 0 aromatic rings. The van der Waals surface area contributed by atoms with Gasteiger partial charge in [-0.2, -0.15) is 0 Å². The number of hydrogen-bond acceptors (Lipinski definition) is 3. The Morgan fingerprint density at radius 2 is 1.86 bits per heavy atom. The van der Waals surface area contributed by atoms with E-state index in [9.17, 15) is 9.59 Å². The summed E-state index contributed by atoms with van der Waals surface area (Å²) in [5.41, 5.74) is 0. The molecule has 0 saturated heterocycles. The predicted molar refractivity (Wildman–Crippen MR) is 88.7 cm³/mol. The van der Waals surface area contributed by atoms with Gasteiger partial charge in [0.1, 0.15) is 0 Å². The van der Waals surface area contributed by atoms with E-state index in [-0.39, 0.29) is 0 Å². The van der Waals surface area contributed by atoms with Crippen molar-refractivity contribution in [2.45, 2.75) is 45.1 Å². The maximum Gasteiger partial charge on any atom is 0.304 e. The summed E-state index contributed by atoms with van der Waals surface area (Å²) in [5, 5.41) is 0. The number of hydrogen-bond donors (Lipinski definition) is 0. The van der Waals surface area contributed by atoms with Crippen molar-refractivity contribution >= 4 is 11.8 Å². The molecule has 0 N–H and O–H groups in total. The van der Waals surface area contributed by atoms with E-state index >= 15 is 0 Å². The van der Waals surface area contributed by atoms with Crippen LogP contribution in [0, 0.1) is 23.7 Å².